The Labute approximate surface area is 90.7 Å². The van der Waals surface area contributed by atoms with Crippen LogP contribution in [0.2, 0.25) is 0 Å². The van der Waals surface area contributed by atoms with Gasteiger partial charge in [0, 0.05) is 5.48 Å². The number of hydrogen-bond donors (Lipinski definition) is 0. The van der Waals surface area contributed by atoms with Crippen LogP contribution in [0, 0.1) is 5.41 Å². The fourth-order valence-electron chi connectivity index (χ4n) is 1.92. The van der Waals surface area contributed by atoms with Crippen molar-refractivity contribution in [2.75, 3.05) is 0 Å². The molecule has 0 radical (unpaired) electrons. The molecule has 0 saturated heterocycles. The largest absolute Gasteiger partial charge is 0.374 e. The van der Waals surface area contributed by atoms with Crippen molar-refractivity contribution < 1.29 is 10.2 Å². The molecule has 74 valence electrons. The molecule has 1 spiro atoms. The van der Waals surface area contributed by atoms with Crippen LogP contribution in [0.4, 0.5) is 0 Å². The quantitative estimate of drug-likeness (QED) is 0.715. The highest BCUT2D eigenvalue weighted by atomic mass is 16.5. The Balaban J connectivity index is 1.53. The molecule has 1 nitrogen and oxygen atoms in total. The van der Waals surface area contributed by atoms with Crippen molar-refractivity contribution in [3.8, 4) is 0 Å². The van der Waals surface area contributed by atoms with Gasteiger partial charge in [-0.2, -0.15) is 0 Å². The highest BCUT2D eigenvalue weighted by Gasteiger charge is 2.53. The second-order valence-corrected chi connectivity index (χ2v) is 4.16. The van der Waals surface area contributed by atoms with E-state index < -0.39 is 18.2 Å². The van der Waals surface area contributed by atoms with E-state index in [1.165, 1.54) is 0 Å². The van der Waals surface area contributed by atoms with Gasteiger partial charge in [0.25, 0.3) is 0 Å². The van der Waals surface area contributed by atoms with Gasteiger partial charge in [-0.15, -0.1) is 0 Å². The molecular formula is C13H16O. The zero-order chi connectivity index (χ0) is 13.0. The van der Waals surface area contributed by atoms with Gasteiger partial charge >= 0.3 is 0 Å². The Morgan fingerprint density at radius 1 is 1.29 bits per heavy atom. The van der Waals surface area contributed by atoms with Gasteiger partial charge in [-0.05, 0) is 36.6 Å². The molecule has 2 saturated carbocycles. The van der Waals surface area contributed by atoms with Gasteiger partial charge in [0.05, 0.1) is 12.7 Å². The maximum atomic E-state index is 7.68. The molecule has 2 aliphatic carbocycles. The summed E-state index contributed by atoms with van der Waals surface area (Å²) in [6, 6.07) is 9.85. The van der Waals surface area contributed by atoms with Gasteiger partial charge in [-0.25, -0.2) is 0 Å². The van der Waals surface area contributed by atoms with Crippen molar-refractivity contribution in [2.45, 2.75) is 38.3 Å². The van der Waals surface area contributed by atoms with Crippen LogP contribution in [0.3, 0.4) is 0 Å². The molecule has 0 aromatic heterocycles. The summed E-state index contributed by atoms with van der Waals surface area (Å²) in [6.07, 6.45) is -2.35. The zero-order valence-electron chi connectivity index (χ0n) is 12.0. The molecule has 1 aromatic carbocycles. The lowest BCUT2D eigenvalue weighted by Crippen LogP contribution is -2.32. The van der Waals surface area contributed by atoms with E-state index >= 15 is 0 Å². The predicted octanol–water partition coefficient (Wildman–Crippen LogP) is 3.15. The normalized spacial score (nSPS) is 34.9. The second kappa shape index (κ2) is 3.09. The summed E-state index contributed by atoms with van der Waals surface area (Å²) < 4.78 is 36.4. The van der Waals surface area contributed by atoms with Gasteiger partial charge in [0.2, 0.25) is 0 Å². The van der Waals surface area contributed by atoms with Crippen molar-refractivity contribution in [1.29, 1.82) is 0 Å². The molecule has 2 aliphatic rings. The van der Waals surface area contributed by atoms with E-state index in [1.54, 1.807) is 0 Å². The zero-order valence-corrected chi connectivity index (χ0v) is 7.99. The molecular weight excluding hydrogens is 172 g/mol. The highest BCUT2D eigenvalue weighted by Crippen LogP contribution is 2.61. The second-order valence-electron chi connectivity index (χ2n) is 4.16. The van der Waals surface area contributed by atoms with Crippen molar-refractivity contribution >= 4 is 0 Å². The molecule has 1 heteroatoms. The third kappa shape index (κ3) is 1.57. The van der Waals surface area contributed by atoms with Crippen LogP contribution >= 0.6 is 0 Å². The summed E-state index contributed by atoms with van der Waals surface area (Å²) in [7, 11) is 0. The van der Waals surface area contributed by atoms with E-state index in [4.69, 9.17) is 10.2 Å². The summed E-state index contributed by atoms with van der Waals surface area (Å²) in [6.45, 7) is 0.521. The first-order valence-corrected chi connectivity index (χ1v) is 5.06. The highest BCUT2D eigenvalue weighted by molar-refractivity contribution is 5.13. The molecule has 2 fully saturated rings. The number of hydrogen-bond acceptors (Lipinski definition) is 1. The van der Waals surface area contributed by atoms with Crippen LogP contribution in [0.5, 0.6) is 0 Å². The van der Waals surface area contributed by atoms with Gasteiger partial charge < -0.3 is 4.74 Å². The van der Waals surface area contributed by atoms with Crippen molar-refractivity contribution in [3.05, 3.63) is 35.9 Å². The third-order valence-electron chi connectivity index (χ3n) is 2.96. The van der Waals surface area contributed by atoms with E-state index in [0.717, 1.165) is 5.56 Å². The molecule has 0 unspecified atom stereocenters. The Morgan fingerprint density at radius 3 is 2.64 bits per heavy atom. The molecule has 1 aromatic rings. The predicted molar refractivity (Wildman–Crippen MR) is 55.9 cm³/mol. The standard InChI is InChI=1S/C13H16O/c1-2-4-11(5-3-1)10-14-12-8-13(9-12)6-7-13/h1-5,12H,6-10H2/i6D2,7D2. The third-order valence-corrected chi connectivity index (χ3v) is 2.96. The molecule has 0 heterocycles. The first kappa shape index (κ1) is 5.32. The van der Waals surface area contributed by atoms with Crippen molar-refractivity contribution in [3.63, 3.8) is 0 Å². The van der Waals surface area contributed by atoms with Crippen molar-refractivity contribution in [1.82, 2.24) is 0 Å². The number of rotatable bonds is 3. The molecule has 0 aliphatic heterocycles. The number of ether oxygens (including phenoxy) is 1. The average Bonchev–Trinajstić information content (AvgIpc) is 2.63. The Hall–Kier alpha value is -0.820. The Kier molecular flexibility index (Phi) is 1.17. The molecule has 14 heavy (non-hydrogen) atoms. The van der Waals surface area contributed by atoms with Crippen LogP contribution in [0.1, 0.15) is 36.6 Å². The summed E-state index contributed by atoms with van der Waals surface area (Å²) in [5.41, 5.74) is 0.321. The lowest BCUT2D eigenvalue weighted by molar-refractivity contribution is -0.0495. The summed E-state index contributed by atoms with van der Waals surface area (Å²) in [4.78, 5) is 0. The molecule has 0 atom stereocenters. The van der Waals surface area contributed by atoms with Gasteiger partial charge in [-0.1, -0.05) is 30.3 Å². The first-order chi connectivity index (χ1) is 8.41. The monoisotopic (exact) mass is 192 g/mol. The fraction of sp³-hybridized carbons (Fsp3) is 0.538. The SMILES string of the molecule is [2H]C1([2H])C([2H])([2H])C12CC(OCc1ccccc1)C2. The van der Waals surface area contributed by atoms with E-state index in [-0.39, 0.29) is 6.10 Å². The van der Waals surface area contributed by atoms with Gasteiger partial charge in [0.15, 0.2) is 0 Å². The molecule has 0 N–H and O–H groups in total. The lowest BCUT2D eigenvalue weighted by Gasteiger charge is -2.35. The number of benzene rings is 1. The maximum absolute atomic E-state index is 7.68. The van der Waals surface area contributed by atoms with Gasteiger partial charge in [-0.3, -0.25) is 0 Å². The van der Waals surface area contributed by atoms with Gasteiger partial charge in [0.1, 0.15) is 0 Å². The van der Waals surface area contributed by atoms with Crippen LogP contribution in [-0.2, 0) is 11.3 Å². The van der Waals surface area contributed by atoms with E-state index in [1.807, 2.05) is 30.3 Å². The average molecular weight is 192 g/mol. The van der Waals surface area contributed by atoms with Crippen LogP contribution in [0.15, 0.2) is 30.3 Å². The van der Waals surface area contributed by atoms with E-state index in [2.05, 4.69) is 0 Å². The lowest BCUT2D eigenvalue weighted by atomic mass is 9.79. The summed E-state index contributed by atoms with van der Waals surface area (Å²) in [5, 5.41) is 0. The minimum Gasteiger partial charge on any atom is -0.374 e. The maximum Gasteiger partial charge on any atom is 0.0720 e. The molecule has 3 rings (SSSR count). The Bertz CT molecular complexity index is 435. The smallest absolute Gasteiger partial charge is 0.0720 e. The summed E-state index contributed by atoms with van der Waals surface area (Å²) in [5.74, 6) is 0. The van der Waals surface area contributed by atoms with Crippen LogP contribution in [0.25, 0.3) is 0 Å². The Morgan fingerprint density at radius 2 is 2.00 bits per heavy atom. The van der Waals surface area contributed by atoms with E-state index in [9.17, 15) is 0 Å². The van der Waals surface area contributed by atoms with Crippen LogP contribution in [-0.4, -0.2) is 6.10 Å². The minimum atomic E-state index is -1.67. The molecule has 0 bridgehead atoms. The van der Waals surface area contributed by atoms with Crippen molar-refractivity contribution in [2.24, 2.45) is 5.41 Å². The molecule has 0 amide bonds. The first-order valence-electron chi connectivity index (χ1n) is 7.06. The van der Waals surface area contributed by atoms with Crippen LogP contribution < -0.4 is 0 Å². The minimum absolute atomic E-state index is 0.00199. The topological polar surface area (TPSA) is 9.23 Å². The summed E-state index contributed by atoms with van der Waals surface area (Å²) >= 11 is 0. The fourth-order valence-corrected chi connectivity index (χ4v) is 1.92. The van der Waals surface area contributed by atoms with E-state index in [0.29, 0.717) is 19.4 Å².